The van der Waals surface area contributed by atoms with Gasteiger partial charge in [-0.05, 0) is 18.1 Å². The van der Waals surface area contributed by atoms with Crippen molar-refractivity contribution in [1.29, 1.82) is 0 Å². The van der Waals surface area contributed by atoms with E-state index in [9.17, 15) is 4.79 Å². The zero-order valence-corrected chi connectivity index (χ0v) is 12.1. The molecule has 0 saturated carbocycles. The van der Waals surface area contributed by atoms with Crippen LogP contribution in [0.1, 0.15) is 33.6 Å². The minimum Gasteiger partial charge on any atom is -0.408 e. The van der Waals surface area contributed by atoms with Crippen molar-refractivity contribution in [3.05, 3.63) is 0 Å². The molecule has 1 atom stereocenters. The van der Waals surface area contributed by atoms with Crippen molar-refractivity contribution >= 4 is 14.6 Å². The summed E-state index contributed by atoms with van der Waals surface area (Å²) in [4.78, 5) is 10.8. The van der Waals surface area contributed by atoms with Gasteiger partial charge in [0.2, 0.25) is 0 Å². The van der Waals surface area contributed by atoms with Crippen molar-refractivity contribution in [3.8, 4) is 0 Å². The molecule has 1 fully saturated rings. The maximum Gasteiger partial charge on any atom is 0.192 e. The Hall–Kier alpha value is -0.193. The Morgan fingerprint density at radius 3 is 2.44 bits per heavy atom. The first-order valence-electron chi connectivity index (χ1n) is 5.94. The molecule has 0 amide bonds. The van der Waals surface area contributed by atoms with E-state index in [2.05, 4.69) is 33.9 Å². The number of hydrogen-bond donors (Lipinski definition) is 0. The smallest absolute Gasteiger partial charge is 0.192 e. The van der Waals surface area contributed by atoms with Gasteiger partial charge in [0, 0.05) is 19.4 Å². The van der Waals surface area contributed by atoms with Crippen molar-refractivity contribution in [2.45, 2.75) is 57.3 Å². The molecule has 1 saturated heterocycles. The minimum absolute atomic E-state index is 0.172. The zero-order valence-electron chi connectivity index (χ0n) is 11.1. The molecular weight excluding hydrogens is 220 g/mol. The summed E-state index contributed by atoms with van der Waals surface area (Å²) in [6.45, 7) is 12.4. The fourth-order valence-electron chi connectivity index (χ4n) is 1.72. The van der Waals surface area contributed by atoms with Gasteiger partial charge >= 0.3 is 0 Å². The van der Waals surface area contributed by atoms with Gasteiger partial charge < -0.3 is 14.0 Å². The Kier molecular flexibility index (Phi) is 3.98. The molecule has 3 nitrogen and oxygen atoms in total. The quantitative estimate of drug-likeness (QED) is 0.563. The van der Waals surface area contributed by atoms with Gasteiger partial charge in [-0.15, -0.1) is 0 Å². The molecule has 0 radical (unpaired) electrons. The number of hydrogen-bond acceptors (Lipinski definition) is 3. The van der Waals surface area contributed by atoms with E-state index in [1.54, 1.807) is 0 Å². The standard InChI is InChI=1S/C12H24O3Si/c1-11(2,3)16(4,5)15-12(6-8-13)7-9-14-10-12/h8H,6-7,9-10H2,1-5H3. The molecule has 0 aromatic heterocycles. The highest BCUT2D eigenvalue weighted by Gasteiger charge is 2.46. The maximum atomic E-state index is 10.8. The molecule has 4 heteroatoms. The first-order chi connectivity index (χ1) is 7.22. The summed E-state index contributed by atoms with van der Waals surface area (Å²) in [5.41, 5.74) is -0.343. The van der Waals surface area contributed by atoms with Crippen LogP contribution in [0, 0.1) is 0 Å². The Balaban J connectivity index is 2.79. The molecule has 1 unspecified atom stereocenters. The third kappa shape index (κ3) is 2.93. The van der Waals surface area contributed by atoms with Crippen molar-refractivity contribution in [1.82, 2.24) is 0 Å². The first-order valence-corrected chi connectivity index (χ1v) is 8.85. The summed E-state index contributed by atoms with van der Waals surface area (Å²) in [5, 5.41) is 0.172. The highest BCUT2D eigenvalue weighted by atomic mass is 28.4. The van der Waals surface area contributed by atoms with Crippen LogP contribution in [-0.2, 0) is 14.0 Å². The summed E-state index contributed by atoms with van der Waals surface area (Å²) in [7, 11) is -1.82. The Labute approximate surface area is 99.6 Å². The molecule has 0 aromatic rings. The Morgan fingerprint density at radius 2 is 2.06 bits per heavy atom. The van der Waals surface area contributed by atoms with Gasteiger partial charge in [0.05, 0.1) is 12.2 Å². The van der Waals surface area contributed by atoms with Gasteiger partial charge in [0.25, 0.3) is 0 Å². The number of carbonyl (C=O) groups is 1. The molecule has 1 aliphatic rings. The highest BCUT2D eigenvalue weighted by molar-refractivity contribution is 6.74. The molecule has 1 rings (SSSR count). The number of ether oxygens (including phenoxy) is 1. The lowest BCUT2D eigenvalue weighted by Gasteiger charge is -2.43. The van der Waals surface area contributed by atoms with Crippen LogP contribution in [0.3, 0.4) is 0 Å². The molecule has 0 spiro atoms. The third-order valence-electron chi connectivity index (χ3n) is 3.80. The second kappa shape index (κ2) is 4.59. The Morgan fingerprint density at radius 1 is 1.44 bits per heavy atom. The monoisotopic (exact) mass is 244 g/mol. The van der Waals surface area contributed by atoms with Crippen LogP contribution in [0.25, 0.3) is 0 Å². The lowest BCUT2D eigenvalue weighted by Crippen LogP contribution is -2.50. The third-order valence-corrected chi connectivity index (χ3v) is 8.36. The number of aldehydes is 1. The average molecular weight is 244 g/mol. The highest BCUT2D eigenvalue weighted by Crippen LogP contribution is 2.41. The molecule has 1 aliphatic heterocycles. The minimum atomic E-state index is -1.82. The molecule has 0 N–H and O–H groups in total. The molecule has 0 bridgehead atoms. The van der Waals surface area contributed by atoms with E-state index in [0.29, 0.717) is 19.6 Å². The first kappa shape index (κ1) is 13.9. The van der Waals surface area contributed by atoms with Gasteiger partial charge in [0.15, 0.2) is 8.32 Å². The summed E-state index contributed by atoms with van der Waals surface area (Å²) in [5.74, 6) is 0. The van der Waals surface area contributed by atoms with E-state index in [-0.39, 0.29) is 10.6 Å². The maximum absolute atomic E-state index is 10.8. The van der Waals surface area contributed by atoms with Crippen LogP contribution in [0.5, 0.6) is 0 Å². The number of carbonyl (C=O) groups excluding carboxylic acids is 1. The van der Waals surface area contributed by atoms with E-state index in [1.165, 1.54) is 0 Å². The van der Waals surface area contributed by atoms with Crippen molar-refractivity contribution < 1.29 is 14.0 Å². The van der Waals surface area contributed by atoms with Gasteiger partial charge in [0.1, 0.15) is 6.29 Å². The van der Waals surface area contributed by atoms with Crippen LogP contribution < -0.4 is 0 Å². The van der Waals surface area contributed by atoms with Crippen molar-refractivity contribution in [3.63, 3.8) is 0 Å². The van der Waals surface area contributed by atoms with Gasteiger partial charge in [-0.25, -0.2) is 0 Å². The van der Waals surface area contributed by atoms with E-state index >= 15 is 0 Å². The average Bonchev–Trinajstić information content (AvgIpc) is 2.50. The van der Waals surface area contributed by atoms with Crippen molar-refractivity contribution in [2.24, 2.45) is 0 Å². The van der Waals surface area contributed by atoms with Crippen LogP contribution in [0.2, 0.25) is 18.1 Å². The predicted molar refractivity (Wildman–Crippen MR) is 67.1 cm³/mol. The second-order valence-electron chi connectivity index (χ2n) is 6.22. The largest absolute Gasteiger partial charge is 0.408 e. The van der Waals surface area contributed by atoms with E-state index in [4.69, 9.17) is 9.16 Å². The normalized spacial score (nSPS) is 27.1. The zero-order chi connectivity index (χ0) is 12.4. The Bertz CT molecular complexity index is 249. The van der Waals surface area contributed by atoms with Crippen LogP contribution in [0.15, 0.2) is 0 Å². The molecule has 1 heterocycles. The molecule has 16 heavy (non-hydrogen) atoms. The molecular formula is C12H24O3Si. The lowest BCUT2D eigenvalue weighted by molar-refractivity contribution is -0.111. The molecule has 0 aromatic carbocycles. The van der Waals surface area contributed by atoms with Gasteiger partial charge in [-0.3, -0.25) is 0 Å². The summed E-state index contributed by atoms with van der Waals surface area (Å²) < 4.78 is 11.8. The number of rotatable bonds is 4. The second-order valence-corrected chi connectivity index (χ2v) is 10.9. The SMILES string of the molecule is CC(C)(C)[Si](C)(C)OC1(CC=O)CCOC1. The topological polar surface area (TPSA) is 35.5 Å². The van der Waals surface area contributed by atoms with Crippen LogP contribution in [0.4, 0.5) is 0 Å². The summed E-state index contributed by atoms with van der Waals surface area (Å²) >= 11 is 0. The molecule has 94 valence electrons. The van der Waals surface area contributed by atoms with E-state index in [0.717, 1.165) is 12.7 Å². The predicted octanol–water partition coefficient (Wildman–Crippen LogP) is 2.76. The van der Waals surface area contributed by atoms with Crippen molar-refractivity contribution in [2.75, 3.05) is 13.2 Å². The molecule has 0 aliphatic carbocycles. The van der Waals surface area contributed by atoms with Crippen LogP contribution in [-0.4, -0.2) is 33.4 Å². The van der Waals surface area contributed by atoms with E-state index in [1.807, 2.05) is 0 Å². The lowest BCUT2D eigenvalue weighted by atomic mass is 10.0. The fraction of sp³-hybridized carbons (Fsp3) is 0.917. The van der Waals surface area contributed by atoms with E-state index < -0.39 is 8.32 Å². The van der Waals surface area contributed by atoms with Gasteiger partial charge in [-0.1, -0.05) is 20.8 Å². The fourth-order valence-corrected chi connectivity index (χ4v) is 3.35. The van der Waals surface area contributed by atoms with Gasteiger partial charge in [-0.2, -0.15) is 0 Å². The summed E-state index contributed by atoms with van der Waals surface area (Å²) in [6, 6.07) is 0. The summed E-state index contributed by atoms with van der Waals surface area (Å²) in [6.07, 6.45) is 2.26. The van der Waals surface area contributed by atoms with Crippen LogP contribution >= 0.6 is 0 Å².